The van der Waals surface area contributed by atoms with Gasteiger partial charge in [-0.15, -0.1) is 0 Å². The first-order valence-corrected chi connectivity index (χ1v) is 9.99. The van der Waals surface area contributed by atoms with E-state index >= 15 is 0 Å². The fourth-order valence-electron chi connectivity index (χ4n) is 4.39. The molecule has 4 rings (SSSR count). The Balaban J connectivity index is 1.29. The van der Waals surface area contributed by atoms with Gasteiger partial charge in [-0.2, -0.15) is 0 Å². The van der Waals surface area contributed by atoms with Crippen molar-refractivity contribution in [3.63, 3.8) is 0 Å². The number of ether oxygens (including phenoxy) is 1. The van der Waals surface area contributed by atoms with Gasteiger partial charge >= 0.3 is 0 Å². The van der Waals surface area contributed by atoms with Gasteiger partial charge in [-0.1, -0.05) is 6.07 Å². The molecule has 1 spiro atoms. The van der Waals surface area contributed by atoms with Crippen LogP contribution in [-0.4, -0.2) is 83.6 Å². The Morgan fingerprint density at radius 2 is 1.77 bits per heavy atom. The first kappa shape index (κ1) is 17.9. The number of carbonyl (C=O) groups excluding carboxylic acids is 1. The van der Waals surface area contributed by atoms with E-state index in [4.69, 9.17) is 4.74 Å². The summed E-state index contributed by atoms with van der Waals surface area (Å²) in [6.07, 6.45) is 6.53. The molecule has 4 heterocycles. The van der Waals surface area contributed by atoms with Gasteiger partial charge < -0.3 is 19.4 Å². The highest BCUT2D eigenvalue weighted by Crippen LogP contribution is 2.31. The highest BCUT2D eigenvalue weighted by atomic mass is 16.5. The first-order chi connectivity index (χ1) is 12.7. The lowest BCUT2D eigenvalue weighted by Gasteiger charge is -2.47. The second-order valence-corrected chi connectivity index (χ2v) is 7.93. The molecule has 0 atom stereocenters. The first-order valence-electron chi connectivity index (χ1n) is 9.99. The average Bonchev–Trinajstić information content (AvgIpc) is 3.19. The van der Waals surface area contributed by atoms with E-state index in [1.165, 1.54) is 32.5 Å². The summed E-state index contributed by atoms with van der Waals surface area (Å²) in [5.41, 5.74) is 0.785. The maximum atomic E-state index is 12.3. The van der Waals surface area contributed by atoms with Crippen LogP contribution < -0.4 is 0 Å². The van der Waals surface area contributed by atoms with Crippen molar-refractivity contribution in [2.45, 2.75) is 37.8 Å². The molecule has 0 radical (unpaired) electrons. The lowest BCUT2D eigenvalue weighted by atomic mass is 9.89. The van der Waals surface area contributed by atoms with Crippen LogP contribution >= 0.6 is 0 Å². The number of nitrogens with zero attached hydrogens (tertiary/aromatic N) is 4. The molecule has 1 amide bonds. The van der Waals surface area contributed by atoms with Crippen molar-refractivity contribution >= 4 is 5.91 Å². The van der Waals surface area contributed by atoms with Crippen molar-refractivity contribution in [1.82, 2.24) is 19.7 Å². The molecule has 142 valence electrons. The number of aromatic nitrogens is 1. The van der Waals surface area contributed by atoms with Gasteiger partial charge in [0, 0.05) is 32.4 Å². The molecule has 26 heavy (non-hydrogen) atoms. The van der Waals surface area contributed by atoms with Crippen molar-refractivity contribution in [3.8, 4) is 0 Å². The molecule has 3 fully saturated rings. The van der Waals surface area contributed by atoms with Gasteiger partial charge in [-0.3, -0.25) is 9.78 Å². The third kappa shape index (κ3) is 4.24. The molecule has 0 unspecified atom stereocenters. The summed E-state index contributed by atoms with van der Waals surface area (Å²) in [5.74, 6) is 0.0812. The predicted molar refractivity (Wildman–Crippen MR) is 99.7 cm³/mol. The number of amides is 1. The molecule has 6 nitrogen and oxygen atoms in total. The Hall–Kier alpha value is -1.50. The number of likely N-dealkylation sites (tertiary alicyclic amines) is 2. The lowest BCUT2D eigenvalue weighted by Crippen LogP contribution is -2.58. The number of morpholine rings is 1. The smallest absolute Gasteiger partial charge is 0.249 e. The van der Waals surface area contributed by atoms with Crippen molar-refractivity contribution in [1.29, 1.82) is 0 Å². The molecule has 1 aromatic heterocycles. The summed E-state index contributed by atoms with van der Waals surface area (Å²) in [4.78, 5) is 23.7. The van der Waals surface area contributed by atoms with Gasteiger partial charge in [-0.25, -0.2) is 0 Å². The van der Waals surface area contributed by atoms with Gasteiger partial charge in [0.25, 0.3) is 0 Å². The topological polar surface area (TPSA) is 48.9 Å². The number of pyridine rings is 1. The van der Waals surface area contributed by atoms with E-state index < -0.39 is 0 Å². The monoisotopic (exact) mass is 358 g/mol. The Morgan fingerprint density at radius 3 is 2.46 bits per heavy atom. The highest BCUT2D eigenvalue weighted by molar-refractivity contribution is 5.78. The summed E-state index contributed by atoms with van der Waals surface area (Å²) >= 11 is 0. The Bertz CT molecular complexity index is 595. The molecular formula is C20H30N4O2. The molecule has 3 aliphatic rings. The minimum absolute atomic E-state index is 0.0812. The standard InChI is InChI=1S/C20H30N4O2/c25-19-16-26-20(17-24(19)15-18-5-1-2-8-21-18)6-11-23(12-7-20)14-13-22-9-3-4-10-22/h1-2,5,8H,3-4,6-7,9-17H2. The van der Waals surface area contributed by atoms with Crippen molar-refractivity contribution in [2.24, 2.45) is 0 Å². The highest BCUT2D eigenvalue weighted by Gasteiger charge is 2.42. The van der Waals surface area contributed by atoms with Crippen LogP contribution in [0.4, 0.5) is 0 Å². The molecular weight excluding hydrogens is 328 g/mol. The summed E-state index contributed by atoms with van der Waals surface area (Å²) in [6, 6.07) is 5.86. The summed E-state index contributed by atoms with van der Waals surface area (Å²) < 4.78 is 6.06. The fraction of sp³-hybridized carbons (Fsp3) is 0.700. The van der Waals surface area contributed by atoms with Crippen LogP contribution in [-0.2, 0) is 16.1 Å². The van der Waals surface area contributed by atoms with Crippen LogP contribution in [0.25, 0.3) is 0 Å². The van der Waals surface area contributed by atoms with Gasteiger partial charge in [0.15, 0.2) is 0 Å². The minimum atomic E-state index is -0.160. The molecule has 3 aliphatic heterocycles. The predicted octanol–water partition coefficient (Wildman–Crippen LogP) is 1.37. The minimum Gasteiger partial charge on any atom is -0.363 e. The van der Waals surface area contributed by atoms with Crippen LogP contribution in [0.3, 0.4) is 0 Å². The maximum Gasteiger partial charge on any atom is 0.249 e. The number of hydrogen-bond donors (Lipinski definition) is 0. The quantitative estimate of drug-likeness (QED) is 0.796. The van der Waals surface area contributed by atoms with E-state index in [0.29, 0.717) is 13.1 Å². The average molecular weight is 358 g/mol. The maximum absolute atomic E-state index is 12.3. The number of hydrogen-bond acceptors (Lipinski definition) is 5. The van der Waals surface area contributed by atoms with E-state index in [9.17, 15) is 4.79 Å². The van der Waals surface area contributed by atoms with Gasteiger partial charge in [0.05, 0.1) is 24.4 Å². The number of piperidine rings is 1. The zero-order chi connectivity index (χ0) is 17.8. The SMILES string of the molecule is O=C1COC2(CCN(CCN3CCCC3)CC2)CN1Cc1ccccn1. The molecule has 0 saturated carbocycles. The van der Waals surface area contributed by atoms with Crippen LogP contribution in [0.1, 0.15) is 31.4 Å². The van der Waals surface area contributed by atoms with Gasteiger partial charge in [0.2, 0.25) is 5.91 Å². The van der Waals surface area contributed by atoms with E-state index in [-0.39, 0.29) is 18.1 Å². The molecule has 3 saturated heterocycles. The number of rotatable bonds is 5. The van der Waals surface area contributed by atoms with E-state index in [0.717, 1.165) is 38.2 Å². The van der Waals surface area contributed by atoms with Crippen LogP contribution in [0.5, 0.6) is 0 Å². The van der Waals surface area contributed by atoms with Crippen LogP contribution in [0.2, 0.25) is 0 Å². The van der Waals surface area contributed by atoms with Crippen LogP contribution in [0.15, 0.2) is 24.4 Å². The normalized spacial score (nSPS) is 24.5. The Morgan fingerprint density at radius 1 is 1.04 bits per heavy atom. The summed E-state index contributed by atoms with van der Waals surface area (Å²) in [7, 11) is 0. The summed E-state index contributed by atoms with van der Waals surface area (Å²) in [6.45, 7) is 8.52. The van der Waals surface area contributed by atoms with E-state index in [1.807, 2.05) is 23.1 Å². The van der Waals surface area contributed by atoms with Crippen LogP contribution in [0, 0.1) is 0 Å². The molecule has 0 N–H and O–H groups in total. The third-order valence-corrected chi connectivity index (χ3v) is 6.11. The van der Waals surface area contributed by atoms with Gasteiger partial charge in [0.1, 0.15) is 6.61 Å². The van der Waals surface area contributed by atoms with Crippen molar-refractivity contribution in [3.05, 3.63) is 30.1 Å². The Kier molecular flexibility index (Phi) is 5.52. The lowest BCUT2D eigenvalue weighted by molar-refractivity contribution is -0.172. The summed E-state index contributed by atoms with van der Waals surface area (Å²) in [5, 5.41) is 0. The van der Waals surface area contributed by atoms with Gasteiger partial charge in [-0.05, 0) is 50.9 Å². The molecule has 6 heteroatoms. The molecule has 1 aromatic rings. The van der Waals surface area contributed by atoms with E-state index in [2.05, 4.69) is 14.8 Å². The molecule has 0 aromatic carbocycles. The van der Waals surface area contributed by atoms with Crippen molar-refractivity contribution < 1.29 is 9.53 Å². The second-order valence-electron chi connectivity index (χ2n) is 7.93. The largest absolute Gasteiger partial charge is 0.363 e. The number of carbonyl (C=O) groups is 1. The molecule has 0 aliphatic carbocycles. The second kappa shape index (κ2) is 8.03. The third-order valence-electron chi connectivity index (χ3n) is 6.11. The Labute approximate surface area is 156 Å². The zero-order valence-corrected chi connectivity index (χ0v) is 15.6. The molecule has 0 bridgehead atoms. The fourth-order valence-corrected chi connectivity index (χ4v) is 4.39. The zero-order valence-electron chi connectivity index (χ0n) is 15.6. The van der Waals surface area contributed by atoms with E-state index in [1.54, 1.807) is 6.20 Å². The van der Waals surface area contributed by atoms with Crippen molar-refractivity contribution in [2.75, 3.05) is 52.4 Å².